The minimum atomic E-state index is 0.317. The zero-order valence-corrected chi connectivity index (χ0v) is 11.3. The first-order chi connectivity index (χ1) is 9.26. The number of aryl methyl sites for hydroxylation is 1. The zero-order valence-electron chi connectivity index (χ0n) is 11.3. The molecule has 1 saturated heterocycles. The largest absolute Gasteiger partial charge is 0.383 e. The molecule has 0 aliphatic carbocycles. The van der Waals surface area contributed by atoms with Crippen molar-refractivity contribution in [2.75, 3.05) is 26.1 Å². The van der Waals surface area contributed by atoms with Gasteiger partial charge in [-0.05, 0) is 25.2 Å². The summed E-state index contributed by atoms with van der Waals surface area (Å²) in [6.45, 7) is 2.75. The Hall–Kier alpha value is -1.58. The van der Waals surface area contributed by atoms with Crippen LogP contribution in [-0.2, 0) is 22.6 Å². The average Bonchev–Trinajstić information content (AvgIpc) is 2.74. The van der Waals surface area contributed by atoms with Crippen LogP contribution in [0.2, 0.25) is 0 Å². The summed E-state index contributed by atoms with van der Waals surface area (Å²) in [6.07, 6.45) is 3.21. The lowest BCUT2D eigenvalue weighted by molar-refractivity contribution is 0.0623. The molecule has 2 N–H and O–H groups in total. The van der Waals surface area contributed by atoms with Crippen molar-refractivity contribution in [2.24, 2.45) is 5.92 Å². The Bertz CT molecular complexity index is 458. The lowest BCUT2D eigenvalue weighted by Crippen LogP contribution is -2.18. The molecule has 0 spiro atoms. The van der Waals surface area contributed by atoms with Crippen LogP contribution in [0.3, 0.4) is 0 Å². The number of ether oxygens (including phenoxy) is 2. The second-order valence-corrected chi connectivity index (χ2v) is 4.82. The smallest absolute Gasteiger partial charge is 0.140 e. The van der Waals surface area contributed by atoms with E-state index in [1.54, 1.807) is 11.8 Å². The number of nitrogen functional groups attached to an aromatic ring is 1. The van der Waals surface area contributed by atoms with Crippen molar-refractivity contribution >= 4 is 5.82 Å². The van der Waals surface area contributed by atoms with Crippen molar-refractivity contribution in [3.05, 3.63) is 11.3 Å². The second kappa shape index (κ2) is 6.55. The predicted octanol–water partition coefficient (Wildman–Crippen LogP) is 1.30. The van der Waals surface area contributed by atoms with Crippen molar-refractivity contribution in [2.45, 2.75) is 32.4 Å². The van der Waals surface area contributed by atoms with Crippen LogP contribution in [0.25, 0.3) is 0 Å². The number of hydrogen-bond donors (Lipinski definition) is 1. The number of rotatable bonds is 5. The fourth-order valence-corrected chi connectivity index (χ4v) is 2.40. The third-order valence-electron chi connectivity index (χ3n) is 3.55. The summed E-state index contributed by atoms with van der Waals surface area (Å²) in [4.78, 5) is 0. The molecule has 2 heterocycles. The maximum Gasteiger partial charge on any atom is 0.140 e. The quantitative estimate of drug-likeness (QED) is 0.866. The van der Waals surface area contributed by atoms with E-state index >= 15 is 0 Å². The third-order valence-corrected chi connectivity index (χ3v) is 3.55. The summed E-state index contributed by atoms with van der Waals surface area (Å²) in [5.74, 6) is 1.11. The van der Waals surface area contributed by atoms with E-state index in [0.717, 1.165) is 39.0 Å². The van der Waals surface area contributed by atoms with E-state index in [1.807, 2.05) is 0 Å². The molecule has 1 aromatic heterocycles. The van der Waals surface area contributed by atoms with E-state index in [9.17, 15) is 0 Å². The van der Waals surface area contributed by atoms with E-state index in [1.165, 1.54) is 0 Å². The summed E-state index contributed by atoms with van der Waals surface area (Å²) in [5.41, 5.74) is 7.02. The highest BCUT2D eigenvalue weighted by molar-refractivity contribution is 5.51. The molecule has 1 aliphatic rings. The minimum absolute atomic E-state index is 0.317. The lowest BCUT2D eigenvalue weighted by atomic mass is 9.97. The van der Waals surface area contributed by atoms with Gasteiger partial charge in [0.1, 0.15) is 23.1 Å². The van der Waals surface area contributed by atoms with Crippen LogP contribution < -0.4 is 5.73 Å². The highest BCUT2D eigenvalue weighted by Crippen LogP contribution is 2.22. The monoisotopic (exact) mass is 264 g/mol. The molecule has 6 nitrogen and oxygen atoms in total. The van der Waals surface area contributed by atoms with Gasteiger partial charge in [0, 0.05) is 26.9 Å². The molecule has 1 fully saturated rings. The standard InChI is InChI=1S/C13H20N4O2/c1-18-9-12-11(8-14)13(15)17(16-12)5-2-10-3-6-19-7-4-10/h10H,2-7,9,15H2,1H3. The first kappa shape index (κ1) is 13.8. The van der Waals surface area contributed by atoms with Gasteiger partial charge in [-0.15, -0.1) is 0 Å². The molecule has 0 atom stereocenters. The molecule has 0 unspecified atom stereocenters. The van der Waals surface area contributed by atoms with E-state index in [4.69, 9.17) is 20.5 Å². The lowest BCUT2D eigenvalue weighted by Gasteiger charge is -2.21. The molecule has 0 aromatic carbocycles. The van der Waals surface area contributed by atoms with Crippen LogP contribution in [0.15, 0.2) is 0 Å². The minimum Gasteiger partial charge on any atom is -0.383 e. The van der Waals surface area contributed by atoms with Crippen LogP contribution >= 0.6 is 0 Å². The van der Waals surface area contributed by atoms with E-state index in [0.29, 0.717) is 29.6 Å². The second-order valence-electron chi connectivity index (χ2n) is 4.82. The Kier molecular flexibility index (Phi) is 4.77. The summed E-state index contributed by atoms with van der Waals surface area (Å²) in [5, 5.41) is 13.5. The van der Waals surface area contributed by atoms with Crippen molar-refractivity contribution in [3.8, 4) is 6.07 Å². The van der Waals surface area contributed by atoms with Crippen LogP contribution in [-0.4, -0.2) is 30.1 Å². The molecule has 1 aliphatic heterocycles. The number of nitrogens with zero attached hydrogens (tertiary/aromatic N) is 3. The SMILES string of the molecule is COCc1nn(CCC2CCOCC2)c(N)c1C#N. The van der Waals surface area contributed by atoms with Gasteiger partial charge in [0.25, 0.3) is 0 Å². The van der Waals surface area contributed by atoms with Crippen LogP contribution in [0.1, 0.15) is 30.5 Å². The molecule has 2 rings (SSSR count). The topological polar surface area (TPSA) is 86.1 Å². The first-order valence-electron chi connectivity index (χ1n) is 6.58. The van der Waals surface area contributed by atoms with Crippen LogP contribution in [0.5, 0.6) is 0 Å². The summed E-state index contributed by atoms with van der Waals surface area (Å²) < 4.78 is 12.1. The van der Waals surface area contributed by atoms with Crippen molar-refractivity contribution in [1.29, 1.82) is 5.26 Å². The number of methoxy groups -OCH3 is 1. The fraction of sp³-hybridized carbons (Fsp3) is 0.692. The van der Waals surface area contributed by atoms with Gasteiger partial charge in [0.15, 0.2) is 0 Å². The summed E-state index contributed by atoms with van der Waals surface area (Å²) >= 11 is 0. The molecule has 0 saturated carbocycles. The first-order valence-corrected chi connectivity index (χ1v) is 6.58. The Morgan fingerprint density at radius 2 is 2.26 bits per heavy atom. The Morgan fingerprint density at radius 3 is 2.89 bits per heavy atom. The van der Waals surface area contributed by atoms with Crippen molar-refractivity contribution in [3.63, 3.8) is 0 Å². The molecule has 0 radical (unpaired) electrons. The van der Waals surface area contributed by atoms with Crippen molar-refractivity contribution < 1.29 is 9.47 Å². The molecule has 1 aromatic rings. The van der Waals surface area contributed by atoms with E-state index < -0.39 is 0 Å². The molecular formula is C13H20N4O2. The molecule has 19 heavy (non-hydrogen) atoms. The molecule has 104 valence electrons. The number of nitrogens with two attached hydrogens (primary N) is 1. The molecule has 6 heteroatoms. The van der Waals surface area contributed by atoms with E-state index in [2.05, 4.69) is 11.2 Å². The third kappa shape index (κ3) is 3.25. The average molecular weight is 264 g/mol. The van der Waals surface area contributed by atoms with Gasteiger partial charge < -0.3 is 15.2 Å². The maximum absolute atomic E-state index is 9.10. The highest BCUT2D eigenvalue weighted by Gasteiger charge is 2.18. The molecular weight excluding hydrogens is 244 g/mol. The highest BCUT2D eigenvalue weighted by atomic mass is 16.5. The number of aromatic nitrogens is 2. The number of nitriles is 1. The molecule has 0 amide bonds. The van der Waals surface area contributed by atoms with Crippen LogP contribution in [0.4, 0.5) is 5.82 Å². The molecule has 0 bridgehead atoms. The number of anilines is 1. The van der Waals surface area contributed by atoms with Gasteiger partial charge in [-0.2, -0.15) is 10.4 Å². The summed E-state index contributed by atoms with van der Waals surface area (Å²) in [6, 6.07) is 2.10. The van der Waals surface area contributed by atoms with Gasteiger partial charge in [-0.3, -0.25) is 0 Å². The Labute approximate surface area is 113 Å². The van der Waals surface area contributed by atoms with Gasteiger partial charge in [0.2, 0.25) is 0 Å². The van der Waals surface area contributed by atoms with E-state index in [-0.39, 0.29) is 0 Å². The van der Waals surface area contributed by atoms with Gasteiger partial charge >= 0.3 is 0 Å². The maximum atomic E-state index is 9.10. The number of hydrogen-bond acceptors (Lipinski definition) is 5. The van der Waals surface area contributed by atoms with Gasteiger partial charge in [-0.1, -0.05) is 0 Å². The van der Waals surface area contributed by atoms with Gasteiger partial charge in [-0.25, -0.2) is 4.68 Å². The Morgan fingerprint density at radius 1 is 1.53 bits per heavy atom. The summed E-state index contributed by atoms with van der Waals surface area (Å²) in [7, 11) is 1.58. The van der Waals surface area contributed by atoms with Gasteiger partial charge in [0.05, 0.1) is 6.61 Å². The normalized spacial score (nSPS) is 16.4. The van der Waals surface area contributed by atoms with Crippen molar-refractivity contribution in [1.82, 2.24) is 9.78 Å². The predicted molar refractivity (Wildman–Crippen MR) is 70.2 cm³/mol. The fourth-order valence-electron chi connectivity index (χ4n) is 2.40. The Balaban J connectivity index is 2.01. The zero-order chi connectivity index (χ0) is 13.7. The van der Waals surface area contributed by atoms with Crippen LogP contribution in [0, 0.1) is 17.2 Å².